The number of thioether (sulfide) groups is 2. The summed E-state index contributed by atoms with van der Waals surface area (Å²) in [5.74, 6) is 0. The van der Waals surface area contributed by atoms with E-state index in [9.17, 15) is 21.0 Å². The molecule has 0 radical (unpaired) electrons. The maximum Gasteiger partial charge on any atom is 0.159 e. The quantitative estimate of drug-likeness (QED) is 0.0958. The van der Waals surface area contributed by atoms with Crippen molar-refractivity contribution in [2.45, 2.75) is 27.7 Å². The van der Waals surface area contributed by atoms with Crippen molar-refractivity contribution in [3.8, 4) is 66.0 Å². The molecule has 4 aromatic heterocycles. The van der Waals surface area contributed by atoms with Crippen LogP contribution in [0.5, 0.6) is 0 Å². The predicted octanol–water partition coefficient (Wildman–Crippen LogP) is 12.6. The molecule has 14 heteroatoms. The van der Waals surface area contributed by atoms with Crippen LogP contribution in [0.4, 0.5) is 0 Å². The van der Waals surface area contributed by atoms with Crippen molar-refractivity contribution in [3.63, 3.8) is 0 Å². The van der Waals surface area contributed by atoms with E-state index in [-0.39, 0.29) is 21.2 Å². The summed E-state index contributed by atoms with van der Waals surface area (Å²) in [6.07, 6.45) is 3.63. The summed E-state index contributed by atoms with van der Waals surface area (Å²) in [6.45, 7) is 8.71. The summed E-state index contributed by atoms with van der Waals surface area (Å²) in [4.78, 5) is 6.29. The first-order chi connectivity index (χ1) is 28.8. The molecule has 0 aliphatic heterocycles. The van der Waals surface area contributed by atoms with Crippen molar-refractivity contribution < 1.29 is 0 Å². The Balaban J connectivity index is 1.44. The Morgan fingerprint density at radius 2 is 0.833 bits per heavy atom. The fraction of sp³-hybridized carbons (Fsp3) is 0.0870. The van der Waals surface area contributed by atoms with E-state index in [0.717, 1.165) is 52.8 Å². The van der Waals surface area contributed by atoms with Crippen LogP contribution in [0.3, 0.4) is 0 Å². The van der Waals surface area contributed by atoms with Crippen molar-refractivity contribution in [1.29, 1.82) is 21.0 Å². The topological polar surface area (TPSA) is 199 Å². The van der Waals surface area contributed by atoms with Gasteiger partial charge >= 0.3 is 0 Å². The number of nitrogens with two attached hydrogens (primary N) is 4. The molecule has 7 aromatic rings. The van der Waals surface area contributed by atoms with E-state index in [1.807, 2.05) is 48.6 Å². The highest BCUT2D eigenvalue weighted by Gasteiger charge is 2.26. The van der Waals surface area contributed by atoms with Gasteiger partial charge in [0.2, 0.25) is 0 Å². The second kappa shape index (κ2) is 17.6. The van der Waals surface area contributed by atoms with Gasteiger partial charge in [0.1, 0.15) is 34.3 Å². The monoisotopic (exact) mass is 890 g/mol. The molecule has 0 aliphatic carbocycles. The van der Waals surface area contributed by atoms with E-state index >= 15 is 0 Å². The average Bonchev–Trinajstić information content (AvgIpc) is 4.03. The molecule has 8 nitrogen and oxygen atoms in total. The molecule has 4 heterocycles. The maximum atomic E-state index is 9.22. The summed E-state index contributed by atoms with van der Waals surface area (Å²) in [5, 5.41) is 40.1. The predicted molar refractivity (Wildman–Crippen MR) is 258 cm³/mol. The number of rotatable bonds is 10. The van der Waals surface area contributed by atoms with Crippen LogP contribution in [-0.2, 0) is 0 Å². The third-order valence-corrected chi connectivity index (χ3v) is 15.9. The van der Waals surface area contributed by atoms with Crippen LogP contribution in [0.2, 0.25) is 0 Å². The standard InChI is InChI=1S/C46H34N8S6/c1-23-7-5-8-24(2)39(23)41-31-17-35(33-13-11-29(55-33)15-37(51)59-45(53)27(19-47)20-48)58-44(31)42(40-25(3)9-6-10-26(40)4)32-18-36(57-43(32)41)34-14-12-30(56-34)16-38(52)60-46(54)28(21-49)22-50/h5-18H,51-54H2,1-4H3/b37-15-,38-16-. The first-order valence-corrected chi connectivity index (χ1v) is 23.0. The number of thiophene rings is 4. The number of fused-ring (bicyclic) bond motifs is 2. The lowest BCUT2D eigenvalue weighted by atomic mass is 9.87. The molecule has 0 unspecified atom stereocenters. The molecule has 294 valence electrons. The number of allylic oxidation sites excluding steroid dienone is 2. The smallest absolute Gasteiger partial charge is 0.159 e. The summed E-state index contributed by atoms with van der Waals surface area (Å²) in [5.41, 5.74) is 33.9. The summed E-state index contributed by atoms with van der Waals surface area (Å²) < 4.78 is 2.41. The van der Waals surface area contributed by atoms with Gasteiger partial charge in [0.25, 0.3) is 0 Å². The highest BCUT2D eigenvalue weighted by molar-refractivity contribution is 8.07. The molecule has 7 rings (SSSR count). The fourth-order valence-corrected chi connectivity index (χ4v) is 13.0. The lowest BCUT2D eigenvalue weighted by Gasteiger charge is -2.18. The van der Waals surface area contributed by atoms with Crippen LogP contribution in [-0.4, -0.2) is 0 Å². The number of aryl methyl sites for hydroxylation is 4. The second-order valence-electron chi connectivity index (χ2n) is 13.6. The van der Waals surface area contributed by atoms with Gasteiger partial charge in [-0.15, -0.1) is 45.3 Å². The number of nitriles is 4. The minimum absolute atomic E-state index is 0.0684. The largest absolute Gasteiger partial charge is 0.393 e. The first-order valence-electron chi connectivity index (χ1n) is 18.1. The summed E-state index contributed by atoms with van der Waals surface area (Å²) in [7, 11) is 0. The Labute approximate surface area is 372 Å². The molecule has 0 saturated heterocycles. The zero-order chi connectivity index (χ0) is 42.8. The fourth-order valence-electron chi connectivity index (χ4n) is 7.02. The van der Waals surface area contributed by atoms with Crippen LogP contribution in [0.1, 0.15) is 32.0 Å². The van der Waals surface area contributed by atoms with Crippen molar-refractivity contribution in [1.82, 2.24) is 0 Å². The van der Waals surface area contributed by atoms with Gasteiger partial charge in [-0.25, -0.2) is 0 Å². The van der Waals surface area contributed by atoms with Gasteiger partial charge in [0, 0.05) is 60.6 Å². The molecule has 0 atom stereocenters. The third-order valence-electron chi connectivity index (χ3n) is 9.62. The molecule has 0 amide bonds. The SMILES string of the molecule is Cc1cccc(C)c1-c1c2cc(-c3ccc(/C=C(/N)SC(N)=C(C#N)C#N)s3)sc2c(-c2c(C)cccc2C)c2cc(-c3ccc(/C=C(/N)SC(N)=C(C#N)C#N)s3)sc12. The van der Waals surface area contributed by atoms with Crippen LogP contribution >= 0.6 is 68.9 Å². The number of nitrogens with zero attached hydrogens (tertiary/aromatic N) is 4. The summed E-state index contributed by atoms with van der Waals surface area (Å²) in [6, 6.07) is 33.1. The van der Waals surface area contributed by atoms with E-state index in [1.165, 1.54) is 64.7 Å². The molecule has 3 aromatic carbocycles. The Bertz CT molecular complexity index is 2850. The third kappa shape index (κ3) is 8.18. The Kier molecular flexibility index (Phi) is 12.3. The number of benzene rings is 3. The molecule has 8 N–H and O–H groups in total. The van der Waals surface area contributed by atoms with Gasteiger partial charge in [-0.1, -0.05) is 59.9 Å². The van der Waals surface area contributed by atoms with Crippen LogP contribution in [0, 0.1) is 73.0 Å². The number of hydrogen-bond donors (Lipinski definition) is 4. The van der Waals surface area contributed by atoms with Gasteiger partial charge in [0.15, 0.2) is 11.1 Å². The van der Waals surface area contributed by atoms with E-state index < -0.39 is 0 Å². The molecule has 60 heavy (non-hydrogen) atoms. The van der Waals surface area contributed by atoms with E-state index in [2.05, 4.69) is 88.4 Å². The van der Waals surface area contributed by atoms with Crippen LogP contribution < -0.4 is 22.9 Å². The zero-order valence-corrected chi connectivity index (χ0v) is 37.5. The Morgan fingerprint density at radius 1 is 0.483 bits per heavy atom. The van der Waals surface area contributed by atoms with E-state index in [4.69, 9.17) is 22.9 Å². The van der Waals surface area contributed by atoms with Crippen molar-refractivity contribution in [2.75, 3.05) is 0 Å². The van der Waals surface area contributed by atoms with E-state index in [0.29, 0.717) is 10.1 Å². The lowest BCUT2D eigenvalue weighted by molar-refractivity contribution is 1.39. The first kappa shape index (κ1) is 41.9. The highest BCUT2D eigenvalue weighted by Crippen LogP contribution is 2.55. The number of hydrogen-bond acceptors (Lipinski definition) is 14. The van der Waals surface area contributed by atoms with E-state index in [1.54, 1.807) is 45.3 Å². The summed E-state index contributed by atoms with van der Waals surface area (Å²) >= 11 is 8.81. The van der Waals surface area contributed by atoms with Crippen LogP contribution in [0.15, 0.2) is 104 Å². The Hall–Kier alpha value is -6.20. The molecule has 0 bridgehead atoms. The van der Waals surface area contributed by atoms with Gasteiger partial charge in [-0.2, -0.15) is 21.0 Å². The minimum atomic E-state index is -0.165. The van der Waals surface area contributed by atoms with Crippen molar-refractivity contribution >= 4 is 101 Å². The van der Waals surface area contributed by atoms with Crippen LogP contribution in [0.25, 0.3) is 74.1 Å². The maximum absolute atomic E-state index is 9.22. The average molecular weight is 891 g/mol. The van der Waals surface area contributed by atoms with Crippen molar-refractivity contribution in [3.05, 3.63) is 136 Å². The van der Waals surface area contributed by atoms with Gasteiger partial charge in [0.05, 0.1) is 10.1 Å². The van der Waals surface area contributed by atoms with Gasteiger partial charge in [-0.3, -0.25) is 0 Å². The molecule has 0 aliphatic rings. The van der Waals surface area contributed by atoms with Gasteiger partial charge < -0.3 is 22.9 Å². The zero-order valence-electron chi connectivity index (χ0n) is 32.6. The van der Waals surface area contributed by atoms with Crippen molar-refractivity contribution in [2.24, 2.45) is 22.9 Å². The molecular weight excluding hydrogens is 857 g/mol. The lowest BCUT2D eigenvalue weighted by Crippen LogP contribution is -2.01. The van der Waals surface area contributed by atoms with Gasteiger partial charge in [-0.05, 0) is 110 Å². The molecule has 0 saturated carbocycles. The molecular formula is C46H34N8S6. The second-order valence-corrected chi connectivity index (χ2v) is 20.2. The molecule has 0 fully saturated rings. The molecule has 0 spiro atoms. The minimum Gasteiger partial charge on any atom is -0.393 e. The normalized spacial score (nSPS) is 11.5. The highest BCUT2D eigenvalue weighted by atomic mass is 32.2. The Morgan fingerprint density at radius 3 is 1.17 bits per heavy atom.